The summed E-state index contributed by atoms with van der Waals surface area (Å²) in [5.41, 5.74) is 2.64. The van der Waals surface area contributed by atoms with Gasteiger partial charge in [0, 0.05) is 13.2 Å². The van der Waals surface area contributed by atoms with Gasteiger partial charge in [-0.3, -0.25) is 14.4 Å². The zero-order valence-corrected chi connectivity index (χ0v) is 25.1. The molecule has 0 bridgehead atoms. The van der Waals surface area contributed by atoms with Gasteiger partial charge in [-0.25, -0.2) is 4.79 Å². The van der Waals surface area contributed by atoms with E-state index in [1.807, 2.05) is 6.92 Å². The predicted molar refractivity (Wildman–Crippen MR) is 159 cm³/mol. The SMILES string of the molecule is C[C@H](NC(=O)[C@H]1CCCO1)[C@H](Oc1ccc(C(=O)O[C@H]2CCCN(C(=O)[C@@H]3COC(=O)C3)C2)cc1)c1ccc(C2CC2)cc1. The maximum Gasteiger partial charge on any atom is 0.338 e. The Hall–Kier alpha value is -3.92. The molecule has 1 aliphatic carbocycles. The van der Waals surface area contributed by atoms with Gasteiger partial charge < -0.3 is 29.2 Å². The number of benzene rings is 2. The van der Waals surface area contributed by atoms with Crippen LogP contribution in [0.2, 0.25) is 0 Å². The number of piperidine rings is 1. The molecule has 0 unspecified atom stereocenters. The van der Waals surface area contributed by atoms with E-state index < -0.39 is 30.2 Å². The van der Waals surface area contributed by atoms with Crippen LogP contribution >= 0.6 is 0 Å². The number of amides is 2. The average molecular weight is 605 g/mol. The van der Waals surface area contributed by atoms with Gasteiger partial charge in [-0.2, -0.15) is 0 Å². The summed E-state index contributed by atoms with van der Waals surface area (Å²) >= 11 is 0. The Morgan fingerprint density at radius 2 is 1.75 bits per heavy atom. The summed E-state index contributed by atoms with van der Waals surface area (Å²) < 4.78 is 22.7. The lowest BCUT2D eigenvalue weighted by Gasteiger charge is -2.33. The van der Waals surface area contributed by atoms with Crippen molar-refractivity contribution in [1.29, 1.82) is 0 Å². The summed E-state index contributed by atoms with van der Waals surface area (Å²) in [6.45, 7) is 3.50. The maximum absolute atomic E-state index is 13.0. The second-order valence-electron chi connectivity index (χ2n) is 12.3. The maximum atomic E-state index is 13.0. The van der Waals surface area contributed by atoms with Gasteiger partial charge in [0.15, 0.2) is 0 Å². The van der Waals surface area contributed by atoms with Crippen LogP contribution in [0.5, 0.6) is 5.75 Å². The summed E-state index contributed by atoms with van der Waals surface area (Å²) in [4.78, 5) is 51.7. The molecular weight excluding hydrogens is 564 g/mol. The monoisotopic (exact) mass is 604 g/mol. The molecule has 3 saturated heterocycles. The molecule has 3 heterocycles. The molecule has 3 aliphatic heterocycles. The zero-order valence-electron chi connectivity index (χ0n) is 25.1. The van der Waals surface area contributed by atoms with E-state index in [1.165, 1.54) is 18.4 Å². The predicted octanol–water partition coefficient (Wildman–Crippen LogP) is 4.08. The molecule has 2 aromatic rings. The van der Waals surface area contributed by atoms with Crippen LogP contribution in [0, 0.1) is 5.92 Å². The third-order valence-corrected chi connectivity index (χ3v) is 8.88. The molecule has 10 nitrogen and oxygen atoms in total. The van der Waals surface area contributed by atoms with Crippen molar-refractivity contribution >= 4 is 23.8 Å². The fraction of sp³-hybridized carbons (Fsp3) is 0.529. The van der Waals surface area contributed by atoms with Crippen molar-refractivity contribution in [2.45, 2.75) is 82.1 Å². The second kappa shape index (κ2) is 13.4. The molecule has 1 saturated carbocycles. The summed E-state index contributed by atoms with van der Waals surface area (Å²) in [6, 6.07) is 14.8. The van der Waals surface area contributed by atoms with Crippen LogP contribution in [0.3, 0.4) is 0 Å². The van der Waals surface area contributed by atoms with Gasteiger partial charge in [0.25, 0.3) is 0 Å². The van der Waals surface area contributed by atoms with Crippen LogP contribution in [0.4, 0.5) is 0 Å². The summed E-state index contributed by atoms with van der Waals surface area (Å²) in [6.07, 6.45) is 4.17. The first-order valence-electron chi connectivity index (χ1n) is 15.8. The van der Waals surface area contributed by atoms with E-state index in [4.69, 9.17) is 18.9 Å². The van der Waals surface area contributed by atoms with Crippen molar-refractivity contribution in [3.05, 3.63) is 65.2 Å². The number of esters is 2. The van der Waals surface area contributed by atoms with Gasteiger partial charge in [-0.15, -0.1) is 0 Å². The zero-order chi connectivity index (χ0) is 30.6. The first kappa shape index (κ1) is 30.1. The van der Waals surface area contributed by atoms with Crippen molar-refractivity contribution in [3.63, 3.8) is 0 Å². The molecule has 2 aromatic carbocycles. The molecule has 0 aromatic heterocycles. The molecule has 4 fully saturated rings. The number of ether oxygens (including phenoxy) is 4. The molecule has 44 heavy (non-hydrogen) atoms. The first-order chi connectivity index (χ1) is 21.3. The highest BCUT2D eigenvalue weighted by atomic mass is 16.5. The lowest BCUT2D eigenvalue weighted by atomic mass is 10.00. The lowest BCUT2D eigenvalue weighted by Crippen LogP contribution is -2.46. The normalized spacial score (nSPS) is 24.7. The molecule has 2 amide bonds. The number of nitrogens with one attached hydrogen (secondary N) is 1. The second-order valence-corrected chi connectivity index (χ2v) is 12.3. The van der Waals surface area contributed by atoms with E-state index >= 15 is 0 Å². The fourth-order valence-corrected chi connectivity index (χ4v) is 6.21. The van der Waals surface area contributed by atoms with E-state index in [0.29, 0.717) is 56.2 Å². The van der Waals surface area contributed by atoms with Crippen LogP contribution in [-0.2, 0) is 28.6 Å². The minimum Gasteiger partial charge on any atom is -0.484 e. The van der Waals surface area contributed by atoms with Crippen LogP contribution in [0.15, 0.2) is 48.5 Å². The van der Waals surface area contributed by atoms with E-state index in [0.717, 1.165) is 12.0 Å². The quantitative estimate of drug-likeness (QED) is 0.403. The molecule has 234 valence electrons. The minimum absolute atomic E-state index is 0.0981. The Morgan fingerprint density at radius 3 is 2.41 bits per heavy atom. The summed E-state index contributed by atoms with van der Waals surface area (Å²) in [7, 11) is 0. The highest BCUT2D eigenvalue weighted by Crippen LogP contribution is 2.40. The smallest absolute Gasteiger partial charge is 0.338 e. The Bertz CT molecular complexity index is 1350. The Balaban J connectivity index is 1.08. The van der Waals surface area contributed by atoms with Gasteiger partial charge in [0.2, 0.25) is 11.8 Å². The third kappa shape index (κ3) is 7.23. The van der Waals surface area contributed by atoms with Crippen LogP contribution in [0.25, 0.3) is 0 Å². The van der Waals surface area contributed by atoms with Gasteiger partial charge in [0.05, 0.1) is 30.5 Å². The third-order valence-electron chi connectivity index (χ3n) is 8.88. The molecule has 6 rings (SSSR count). The van der Waals surface area contributed by atoms with Crippen molar-refractivity contribution in [1.82, 2.24) is 10.2 Å². The number of carbonyl (C=O) groups is 4. The minimum atomic E-state index is -0.473. The van der Waals surface area contributed by atoms with Crippen molar-refractivity contribution in [3.8, 4) is 5.75 Å². The van der Waals surface area contributed by atoms with E-state index in [9.17, 15) is 19.2 Å². The Kier molecular flexibility index (Phi) is 9.16. The topological polar surface area (TPSA) is 120 Å². The molecule has 1 N–H and O–H groups in total. The molecule has 0 radical (unpaired) electrons. The number of likely N-dealkylation sites (tertiary alicyclic amines) is 1. The fourth-order valence-electron chi connectivity index (χ4n) is 6.21. The van der Waals surface area contributed by atoms with E-state index in [-0.39, 0.29) is 36.9 Å². The summed E-state index contributed by atoms with van der Waals surface area (Å²) in [5, 5.41) is 3.08. The average Bonchev–Trinajstić information content (AvgIpc) is 3.55. The van der Waals surface area contributed by atoms with Crippen LogP contribution in [0.1, 0.15) is 85.4 Å². The number of rotatable bonds is 10. The number of hydrogen-bond donors (Lipinski definition) is 1. The highest BCUT2D eigenvalue weighted by Gasteiger charge is 2.36. The number of hydrogen-bond acceptors (Lipinski definition) is 8. The lowest BCUT2D eigenvalue weighted by molar-refractivity contribution is -0.139. The van der Waals surface area contributed by atoms with Gasteiger partial charge >= 0.3 is 11.9 Å². The first-order valence-corrected chi connectivity index (χ1v) is 15.8. The Morgan fingerprint density at radius 1 is 0.977 bits per heavy atom. The molecule has 0 spiro atoms. The van der Waals surface area contributed by atoms with Crippen molar-refractivity contribution in [2.24, 2.45) is 5.92 Å². The van der Waals surface area contributed by atoms with Crippen LogP contribution in [-0.4, -0.2) is 73.2 Å². The number of carbonyl (C=O) groups excluding carboxylic acids is 4. The number of cyclic esters (lactones) is 1. The largest absolute Gasteiger partial charge is 0.484 e. The standard InChI is InChI=1S/C34H40N2O8/c1-21(35-32(38)29-5-3-17-41-29)31(24-10-8-23(9-11-24)22-6-7-22)43-27-14-12-25(13-15-27)34(40)44-28-4-2-16-36(19-28)33(39)26-18-30(37)42-20-26/h8-15,21-22,26,28-29,31H,2-7,16-20H2,1H3,(H,35,38)/t21-,26-,28-,29+,31-/m0/s1. The van der Waals surface area contributed by atoms with Gasteiger partial charge in [0.1, 0.15) is 30.7 Å². The number of nitrogens with zero attached hydrogens (tertiary/aromatic N) is 1. The molecule has 10 heteroatoms. The van der Waals surface area contributed by atoms with Gasteiger partial charge in [-0.1, -0.05) is 24.3 Å². The van der Waals surface area contributed by atoms with Crippen molar-refractivity contribution in [2.75, 3.05) is 26.3 Å². The van der Waals surface area contributed by atoms with Gasteiger partial charge in [-0.05, 0) is 86.8 Å². The molecular formula is C34H40N2O8. The molecule has 4 aliphatic rings. The van der Waals surface area contributed by atoms with E-state index in [2.05, 4.69) is 29.6 Å². The van der Waals surface area contributed by atoms with E-state index in [1.54, 1.807) is 29.2 Å². The highest BCUT2D eigenvalue weighted by molar-refractivity contribution is 5.90. The Labute approximate surface area is 257 Å². The molecule has 5 atom stereocenters. The van der Waals surface area contributed by atoms with Crippen molar-refractivity contribution < 1.29 is 38.1 Å². The summed E-state index contributed by atoms with van der Waals surface area (Å²) in [5.74, 6) is -0.362. The van der Waals surface area contributed by atoms with Crippen LogP contribution < -0.4 is 10.1 Å².